The van der Waals surface area contributed by atoms with Crippen molar-refractivity contribution in [2.75, 3.05) is 5.32 Å². The van der Waals surface area contributed by atoms with Gasteiger partial charge in [-0.1, -0.05) is 4.49 Å². The number of carbonyl (C=O) groups is 1. The van der Waals surface area contributed by atoms with Gasteiger partial charge in [0.2, 0.25) is 0 Å². The summed E-state index contributed by atoms with van der Waals surface area (Å²) < 4.78 is 5.36. The highest BCUT2D eigenvalue weighted by atomic mass is 79.9. The number of carbonyl (C=O) groups excluding carboxylic acids is 1. The van der Waals surface area contributed by atoms with Crippen LogP contribution in [-0.2, 0) is 0 Å². The van der Waals surface area contributed by atoms with Gasteiger partial charge in [0.1, 0.15) is 5.00 Å². The van der Waals surface area contributed by atoms with Crippen LogP contribution >= 0.6 is 54.7 Å². The first-order chi connectivity index (χ1) is 7.16. The molecule has 0 aromatic carbocycles. The largest absolute Gasteiger partial charge is 0.311 e. The molecule has 0 unspecified atom stereocenters. The van der Waals surface area contributed by atoms with Gasteiger partial charge in [-0.2, -0.15) is 0 Å². The van der Waals surface area contributed by atoms with Gasteiger partial charge in [-0.05, 0) is 37.9 Å². The van der Waals surface area contributed by atoms with Crippen LogP contribution in [0.15, 0.2) is 19.8 Å². The van der Waals surface area contributed by atoms with Crippen molar-refractivity contribution in [2.24, 2.45) is 0 Å². The fourth-order valence-corrected chi connectivity index (χ4v) is 4.10. The van der Waals surface area contributed by atoms with Crippen LogP contribution in [0.5, 0.6) is 0 Å². The van der Waals surface area contributed by atoms with Crippen molar-refractivity contribution in [3.8, 4) is 0 Å². The average molecular weight is 369 g/mol. The maximum atomic E-state index is 11.7. The molecule has 0 atom stereocenters. The van der Waals surface area contributed by atoms with E-state index in [2.05, 4.69) is 46.8 Å². The first kappa shape index (κ1) is 11.2. The zero-order chi connectivity index (χ0) is 10.8. The molecule has 2 aromatic rings. The molecule has 0 aliphatic heterocycles. The Balaban J connectivity index is 2.18. The Hall–Kier alpha value is -0.310. The lowest BCUT2D eigenvalue weighted by atomic mass is 10.3. The predicted octanol–water partition coefficient (Wildman–Crippen LogP) is 3.38. The molecule has 8 heteroatoms. The van der Waals surface area contributed by atoms with Crippen LogP contribution in [0.3, 0.4) is 0 Å². The number of hydrogen-bond donors (Lipinski definition) is 1. The summed E-state index contributed by atoms with van der Waals surface area (Å²) in [6, 6.07) is 1.76. The molecule has 0 saturated heterocycles. The van der Waals surface area contributed by atoms with Gasteiger partial charge < -0.3 is 5.32 Å². The maximum absolute atomic E-state index is 11.7. The second-order valence-electron chi connectivity index (χ2n) is 2.47. The normalized spacial score (nSPS) is 10.3. The highest BCUT2D eigenvalue weighted by Crippen LogP contribution is 2.32. The molecule has 0 bridgehead atoms. The number of halogens is 2. The minimum absolute atomic E-state index is 0.171. The van der Waals surface area contributed by atoms with Crippen molar-refractivity contribution in [1.82, 2.24) is 9.59 Å². The lowest BCUT2D eigenvalue weighted by molar-refractivity contribution is 0.102. The Labute approximate surface area is 110 Å². The predicted molar refractivity (Wildman–Crippen MR) is 67.6 cm³/mol. The van der Waals surface area contributed by atoms with E-state index < -0.39 is 0 Å². The number of anilines is 1. The summed E-state index contributed by atoms with van der Waals surface area (Å²) in [6.45, 7) is 0. The van der Waals surface area contributed by atoms with E-state index >= 15 is 0 Å². The zero-order valence-electron chi connectivity index (χ0n) is 7.03. The van der Waals surface area contributed by atoms with Gasteiger partial charge in [0.15, 0.2) is 0 Å². The Bertz CT molecular complexity index is 482. The summed E-state index contributed by atoms with van der Waals surface area (Å²) >= 11 is 9.23. The van der Waals surface area contributed by atoms with Crippen LogP contribution in [0.25, 0.3) is 0 Å². The average Bonchev–Trinajstić information content (AvgIpc) is 2.75. The standard InChI is InChI=1S/C7H3Br2N3OS2/c8-4-1-3(6(9)14-4)7(13)11-5-2-10-12-15-5/h1-2H,(H,11,13). The van der Waals surface area contributed by atoms with Gasteiger partial charge in [0, 0.05) is 11.5 Å². The summed E-state index contributed by atoms with van der Waals surface area (Å²) in [5.74, 6) is -0.171. The molecule has 2 rings (SSSR count). The van der Waals surface area contributed by atoms with Gasteiger partial charge in [0.05, 0.1) is 19.3 Å². The molecule has 0 saturated carbocycles. The molecular weight excluding hydrogens is 366 g/mol. The van der Waals surface area contributed by atoms with E-state index in [0.717, 1.165) is 19.1 Å². The number of rotatable bonds is 2. The summed E-state index contributed by atoms with van der Waals surface area (Å²) in [6.07, 6.45) is 1.51. The topological polar surface area (TPSA) is 54.9 Å². The van der Waals surface area contributed by atoms with Crippen LogP contribution in [0.2, 0.25) is 0 Å². The highest BCUT2D eigenvalue weighted by Gasteiger charge is 2.14. The van der Waals surface area contributed by atoms with E-state index in [1.165, 1.54) is 17.5 Å². The van der Waals surface area contributed by atoms with Crippen LogP contribution in [0.1, 0.15) is 10.4 Å². The Kier molecular flexibility index (Phi) is 3.49. The number of hydrogen-bond acceptors (Lipinski definition) is 5. The van der Waals surface area contributed by atoms with Crippen LogP contribution in [-0.4, -0.2) is 15.5 Å². The molecule has 0 aliphatic rings. The second kappa shape index (κ2) is 4.69. The third-order valence-corrected chi connectivity index (χ3v) is 4.42. The number of amides is 1. The minimum atomic E-state index is -0.171. The van der Waals surface area contributed by atoms with Crippen molar-refractivity contribution in [3.05, 3.63) is 25.4 Å². The van der Waals surface area contributed by atoms with E-state index in [4.69, 9.17) is 0 Å². The summed E-state index contributed by atoms with van der Waals surface area (Å²) in [7, 11) is 0. The molecule has 1 N–H and O–H groups in total. The van der Waals surface area contributed by atoms with Gasteiger partial charge in [0.25, 0.3) is 5.91 Å². The Morgan fingerprint density at radius 2 is 2.27 bits per heavy atom. The van der Waals surface area contributed by atoms with Gasteiger partial charge in [-0.25, -0.2) is 0 Å². The van der Waals surface area contributed by atoms with E-state index in [9.17, 15) is 4.79 Å². The van der Waals surface area contributed by atoms with E-state index in [1.54, 1.807) is 6.07 Å². The van der Waals surface area contributed by atoms with Gasteiger partial charge >= 0.3 is 0 Å². The lowest BCUT2D eigenvalue weighted by Crippen LogP contribution is -2.10. The quantitative estimate of drug-likeness (QED) is 0.883. The van der Waals surface area contributed by atoms with Crippen molar-refractivity contribution in [3.63, 3.8) is 0 Å². The fraction of sp³-hybridized carbons (Fsp3) is 0. The van der Waals surface area contributed by atoms with Gasteiger partial charge in [-0.15, -0.1) is 16.4 Å². The molecule has 1 amide bonds. The van der Waals surface area contributed by atoms with Gasteiger partial charge in [-0.3, -0.25) is 4.79 Å². The summed E-state index contributed by atoms with van der Waals surface area (Å²) in [5, 5.41) is 6.97. The van der Waals surface area contributed by atoms with Crippen molar-refractivity contribution < 1.29 is 4.79 Å². The van der Waals surface area contributed by atoms with E-state index in [-0.39, 0.29) is 5.91 Å². The molecule has 0 radical (unpaired) electrons. The third kappa shape index (κ3) is 2.63. The minimum Gasteiger partial charge on any atom is -0.311 e. The SMILES string of the molecule is O=C(Nc1cnns1)c1cc(Br)sc1Br. The van der Waals surface area contributed by atoms with Crippen LogP contribution < -0.4 is 5.32 Å². The van der Waals surface area contributed by atoms with Crippen molar-refractivity contribution >= 4 is 65.6 Å². The smallest absolute Gasteiger partial charge is 0.258 e. The number of nitrogens with zero attached hydrogens (tertiary/aromatic N) is 2. The Morgan fingerprint density at radius 3 is 2.80 bits per heavy atom. The van der Waals surface area contributed by atoms with Crippen molar-refractivity contribution in [1.29, 1.82) is 0 Å². The maximum Gasteiger partial charge on any atom is 0.258 e. The van der Waals surface area contributed by atoms with Crippen molar-refractivity contribution in [2.45, 2.75) is 0 Å². The van der Waals surface area contributed by atoms with E-state index in [1.807, 2.05) is 0 Å². The molecule has 0 fully saturated rings. The fourth-order valence-electron chi connectivity index (χ4n) is 0.897. The first-order valence-corrected chi connectivity index (χ1v) is 6.88. The lowest BCUT2D eigenvalue weighted by Gasteiger charge is -1.98. The highest BCUT2D eigenvalue weighted by molar-refractivity contribution is 9.12. The third-order valence-electron chi connectivity index (χ3n) is 1.50. The molecule has 0 spiro atoms. The Morgan fingerprint density at radius 1 is 1.47 bits per heavy atom. The second-order valence-corrected chi connectivity index (χ2v) is 7.01. The van der Waals surface area contributed by atoms with Crippen LogP contribution in [0, 0.1) is 0 Å². The molecule has 4 nitrogen and oxygen atoms in total. The summed E-state index contributed by atoms with van der Waals surface area (Å²) in [5.41, 5.74) is 0.597. The zero-order valence-corrected chi connectivity index (χ0v) is 11.8. The number of aromatic nitrogens is 2. The van der Waals surface area contributed by atoms with Crippen LogP contribution in [0.4, 0.5) is 5.00 Å². The molecular formula is C7H3Br2N3OS2. The monoisotopic (exact) mass is 367 g/mol. The van der Waals surface area contributed by atoms with E-state index in [0.29, 0.717) is 10.6 Å². The first-order valence-electron chi connectivity index (χ1n) is 3.70. The number of thiophene rings is 1. The molecule has 0 aliphatic carbocycles. The molecule has 78 valence electrons. The molecule has 2 heterocycles. The molecule has 2 aromatic heterocycles. The number of nitrogens with one attached hydrogen (secondary N) is 1. The molecule has 15 heavy (non-hydrogen) atoms. The summed E-state index contributed by atoms with van der Waals surface area (Å²) in [4.78, 5) is 11.7.